The molecule has 0 bridgehead atoms. The van der Waals surface area contributed by atoms with Gasteiger partial charge in [0.25, 0.3) is 0 Å². The van der Waals surface area contributed by atoms with Gasteiger partial charge in [-0.1, -0.05) is 31.5 Å². The average molecular weight is 238 g/mol. The van der Waals surface area contributed by atoms with E-state index in [9.17, 15) is 0 Å². The van der Waals surface area contributed by atoms with Crippen LogP contribution in [0.1, 0.15) is 49.7 Å². The molecule has 0 fully saturated rings. The van der Waals surface area contributed by atoms with Gasteiger partial charge < -0.3 is 5.73 Å². The molecule has 0 heterocycles. The molecule has 88 valence electrons. The summed E-state index contributed by atoms with van der Waals surface area (Å²) in [4.78, 5) is 0. The minimum atomic E-state index is 0.617. The topological polar surface area (TPSA) is 26.0 Å². The third kappa shape index (κ3) is 2.11. The van der Waals surface area contributed by atoms with Crippen molar-refractivity contribution >= 4 is 11.6 Å². The van der Waals surface area contributed by atoms with Gasteiger partial charge in [0.1, 0.15) is 0 Å². The van der Waals surface area contributed by atoms with E-state index < -0.39 is 0 Å². The van der Waals surface area contributed by atoms with Crippen molar-refractivity contribution in [2.45, 2.75) is 38.5 Å². The molecule has 2 unspecified atom stereocenters. The maximum atomic E-state index is 6.08. The number of hydrogen-bond donors (Lipinski definition) is 1. The predicted octanol–water partition coefficient (Wildman–Crippen LogP) is 3.92. The minimum absolute atomic E-state index is 0.617. The second-order valence-electron chi connectivity index (χ2n) is 5.13. The monoisotopic (exact) mass is 237 g/mol. The molecule has 2 N–H and O–H groups in total. The maximum Gasteiger partial charge on any atom is 0.0409 e. The van der Waals surface area contributed by atoms with Gasteiger partial charge in [-0.2, -0.15) is 0 Å². The molecule has 0 aliphatic heterocycles. The molecule has 0 amide bonds. The third-order valence-corrected chi connectivity index (χ3v) is 3.98. The summed E-state index contributed by atoms with van der Waals surface area (Å²) in [5, 5.41) is 0.852. The Morgan fingerprint density at radius 3 is 2.75 bits per heavy atom. The quantitative estimate of drug-likeness (QED) is 0.848. The second kappa shape index (κ2) is 4.77. The Bertz CT molecular complexity index is 373. The van der Waals surface area contributed by atoms with Crippen LogP contribution in [0.25, 0.3) is 0 Å². The Labute approximate surface area is 103 Å². The SMILES string of the molecule is CC(C)C1CC(CCN)c2cc(Cl)ccc21. The number of fused-ring (bicyclic) bond motifs is 1. The van der Waals surface area contributed by atoms with Gasteiger partial charge in [-0.05, 0) is 60.4 Å². The highest BCUT2D eigenvalue weighted by Crippen LogP contribution is 2.47. The predicted molar refractivity (Wildman–Crippen MR) is 70.1 cm³/mol. The zero-order valence-corrected chi connectivity index (χ0v) is 10.8. The highest BCUT2D eigenvalue weighted by atomic mass is 35.5. The Balaban J connectivity index is 2.36. The van der Waals surface area contributed by atoms with E-state index in [-0.39, 0.29) is 0 Å². The highest BCUT2D eigenvalue weighted by Gasteiger charge is 2.31. The van der Waals surface area contributed by atoms with Crippen LogP contribution in [0.15, 0.2) is 18.2 Å². The van der Waals surface area contributed by atoms with Crippen molar-refractivity contribution in [3.8, 4) is 0 Å². The zero-order valence-electron chi connectivity index (χ0n) is 10.0. The van der Waals surface area contributed by atoms with Crippen molar-refractivity contribution in [1.82, 2.24) is 0 Å². The van der Waals surface area contributed by atoms with E-state index >= 15 is 0 Å². The molecular formula is C14H20ClN. The van der Waals surface area contributed by atoms with Crippen molar-refractivity contribution in [2.75, 3.05) is 6.54 Å². The fourth-order valence-corrected chi connectivity index (χ4v) is 3.08. The van der Waals surface area contributed by atoms with Crippen LogP contribution in [0.4, 0.5) is 0 Å². The van der Waals surface area contributed by atoms with E-state index in [1.807, 2.05) is 6.07 Å². The Morgan fingerprint density at radius 1 is 1.38 bits per heavy atom. The van der Waals surface area contributed by atoms with Gasteiger partial charge in [0, 0.05) is 5.02 Å². The molecule has 0 saturated carbocycles. The summed E-state index contributed by atoms with van der Waals surface area (Å²) < 4.78 is 0. The lowest BCUT2D eigenvalue weighted by molar-refractivity contribution is 0.457. The van der Waals surface area contributed by atoms with E-state index in [1.165, 1.54) is 17.5 Å². The minimum Gasteiger partial charge on any atom is -0.330 e. The molecule has 0 radical (unpaired) electrons. The van der Waals surface area contributed by atoms with E-state index in [4.69, 9.17) is 17.3 Å². The summed E-state index contributed by atoms with van der Waals surface area (Å²) in [6, 6.07) is 6.36. The molecule has 2 atom stereocenters. The van der Waals surface area contributed by atoms with Gasteiger partial charge in [-0.15, -0.1) is 0 Å². The number of nitrogens with two attached hydrogens (primary N) is 1. The van der Waals surface area contributed by atoms with Crippen LogP contribution in [-0.4, -0.2) is 6.54 Å². The van der Waals surface area contributed by atoms with E-state index in [0.717, 1.165) is 18.0 Å². The molecular weight excluding hydrogens is 218 g/mol. The molecule has 1 aromatic rings. The first-order chi connectivity index (χ1) is 7.63. The number of rotatable bonds is 3. The molecule has 2 heteroatoms. The van der Waals surface area contributed by atoms with Gasteiger partial charge in [0.05, 0.1) is 0 Å². The first-order valence-electron chi connectivity index (χ1n) is 6.13. The molecule has 1 nitrogen and oxygen atoms in total. The number of halogens is 1. The largest absolute Gasteiger partial charge is 0.330 e. The lowest BCUT2D eigenvalue weighted by Gasteiger charge is -2.15. The molecule has 0 spiro atoms. The molecule has 1 aliphatic carbocycles. The van der Waals surface area contributed by atoms with Crippen molar-refractivity contribution in [3.05, 3.63) is 34.3 Å². The summed E-state index contributed by atoms with van der Waals surface area (Å²) in [6.45, 7) is 5.36. The van der Waals surface area contributed by atoms with E-state index in [1.54, 1.807) is 0 Å². The molecule has 1 aromatic carbocycles. The van der Waals surface area contributed by atoms with E-state index in [0.29, 0.717) is 17.8 Å². The number of hydrogen-bond acceptors (Lipinski definition) is 1. The highest BCUT2D eigenvalue weighted by molar-refractivity contribution is 6.30. The van der Waals surface area contributed by atoms with Gasteiger partial charge in [-0.3, -0.25) is 0 Å². The summed E-state index contributed by atoms with van der Waals surface area (Å²) in [5.74, 6) is 2.00. The van der Waals surface area contributed by atoms with Crippen LogP contribution in [0.3, 0.4) is 0 Å². The van der Waals surface area contributed by atoms with Gasteiger partial charge in [-0.25, -0.2) is 0 Å². The smallest absolute Gasteiger partial charge is 0.0409 e. The first kappa shape index (κ1) is 11.9. The van der Waals surface area contributed by atoms with Crippen LogP contribution in [0.2, 0.25) is 5.02 Å². The fourth-order valence-electron chi connectivity index (χ4n) is 2.90. The van der Waals surface area contributed by atoms with Crippen LogP contribution in [0, 0.1) is 5.92 Å². The molecule has 2 rings (SSSR count). The van der Waals surface area contributed by atoms with Gasteiger partial charge in [0.15, 0.2) is 0 Å². The number of benzene rings is 1. The van der Waals surface area contributed by atoms with Crippen LogP contribution in [0.5, 0.6) is 0 Å². The third-order valence-electron chi connectivity index (χ3n) is 3.75. The molecule has 0 aromatic heterocycles. The van der Waals surface area contributed by atoms with Crippen LogP contribution >= 0.6 is 11.6 Å². The normalized spacial score (nSPS) is 23.8. The molecule has 0 saturated heterocycles. The van der Waals surface area contributed by atoms with Crippen LogP contribution < -0.4 is 5.73 Å². The van der Waals surface area contributed by atoms with E-state index in [2.05, 4.69) is 26.0 Å². The molecule has 16 heavy (non-hydrogen) atoms. The Morgan fingerprint density at radius 2 is 2.12 bits per heavy atom. The maximum absolute atomic E-state index is 6.08. The summed E-state index contributed by atoms with van der Waals surface area (Å²) in [6.07, 6.45) is 2.32. The average Bonchev–Trinajstić information content (AvgIpc) is 2.58. The van der Waals surface area contributed by atoms with Gasteiger partial charge >= 0.3 is 0 Å². The van der Waals surface area contributed by atoms with Crippen molar-refractivity contribution < 1.29 is 0 Å². The summed E-state index contributed by atoms with van der Waals surface area (Å²) >= 11 is 6.08. The summed E-state index contributed by atoms with van der Waals surface area (Å²) in [7, 11) is 0. The standard InChI is InChI=1S/C14H20ClN/c1-9(2)13-7-10(5-6-16)14-8-11(15)3-4-12(13)14/h3-4,8-10,13H,5-7,16H2,1-2H3. The Hall–Kier alpha value is -0.530. The lowest BCUT2D eigenvalue weighted by atomic mass is 9.89. The van der Waals surface area contributed by atoms with Gasteiger partial charge in [0.2, 0.25) is 0 Å². The zero-order chi connectivity index (χ0) is 11.7. The lowest BCUT2D eigenvalue weighted by Crippen LogP contribution is -2.06. The van der Waals surface area contributed by atoms with Crippen molar-refractivity contribution in [2.24, 2.45) is 11.7 Å². The Kier molecular flexibility index (Phi) is 3.56. The summed E-state index contributed by atoms with van der Waals surface area (Å²) in [5.41, 5.74) is 8.63. The van der Waals surface area contributed by atoms with Crippen LogP contribution in [-0.2, 0) is 0 Å². The van der Waals surface area contributed by atoms with Crippen molar-refractivity contribution in [1.29, 1.82) is 0 Å². The fraction of sp³-hybridized carbons (Fsp3) is 0.571. The molecule has 1 aliphatic rings. The second-order valence-corrected chi connectivity index (χ2v) is 5.57. The first-order valence-corrected chi connectivity index (χ1v) is 6.50. The van der Waals surface area contributed by atoms with Crippen molar-refractivity contribution in [3.63, 3.8) is 0 Å².